The van der Waals surface area contributed by atoms with E-state index in [9.17, 15) is 0 Å². The van der Waals surface area contributed by atoms with Gasteiger partial charge in [-0.15, -0.1) is 0 Å². The maximum atomic E-state index is 4.89. The third kappa shape index (κ3) is 2.86. The van der Waals surface area contributed by atoms with E-state index in [2.05, 4.69) is 52.1 Å². The number of imidazole rings is 1. The molecule has 1 saturated heterocycles. The van der Waals surface area contributed by atoms with Gasteiger partial charge in [0.2, 0.25) is 0 Å². The van der Waals surface area contributed by atoms with Crippen molar-refractivity contribution in [1.29, 1.82) is 0 Å². The topological polar surface area (TPSA) is 42.7 Å². The van der Waals surface area contributed by atoms with E-state index in [1.807, 2.05) is 12.3 Å². The number of benzene rings is 1. The lowest BCUT2D eigenvalue weighted by molar-refractivity contribution is 0.367. The molecule has 3 aromatic rings. The second-order valence-electron chi connectivity index (χ2n) is 6.39. The van der Waals surface area contributed by atoms with Crippen LogP contribution in [0.5, 0.6) is 0 Å². The molecule has 0 unspecified atom stereocenters. The normalized spacial score (nSPS) is 16.0. The van der Waals surface area contributed by atoms with Crippen LogP contribution in [0, 0.1) is 6.92 Å². The first-order chi connectivity index (χ1) is 11.3. The minimum absolute atomic E-state index is 0.496. The summed E-state index contributed by atoms with van der Waals surface area (Å²) in [6, 6.07) is 13.2. The SMILES string of the molecule is Cc1cccc(Cc2nc3cccnc3n2C2CCNCC2)c1. The minimum Gasteiger partial charge on any atom is -0.317 e. The molecule has 0 atom stereocenters. The van der Waals surface area contributed by atoms with Crippen molar-refractivity contribution in [3.8, 4) is 0 Å². The van der Waals surface area contributed by atoms with Gasteiger partial charge < -0.3 is 9.88 Å². The second kappa shape index (κ2) is 6.13. The molecule has 2 aromatic heterocycles. The van der Waals surface area contributed by atoms with E-state index in [-0.39, 0.29) is 0 Å². The van der Waals surface area contributed by atoms with Crippen molar-refractivity contribution < 1.29 is 0 Å². The van der Waals surface area contributed by atoms with Crippen LogP contribution in [-0.4, -0.2) is 27.6 Å². The Morgan fingerprint density at radius 3 is 2.87 bits per heavy atom. The van der Waals surface area contributed by atoms with E-state index in [4.69, 9.17) is 4.98 Å². The van der Waals surface area contributed by atoms with E-state index >= 15 is 0 Å². The smallest absolute Gasteiger partial charge is 0.160 e. The highest BCUT2D eigenvalue weighted by atomic mass is 15.2. The lowest BCUT2D eigenvalue weighted by atomic mass is 10.0. The number of aromatic nitrogens is 3. The van der Waals surface area contributed by atoms with Gasteiger partial charge in [0.05, 0.1) is 0 Å². The summed E-state index contributed by atoms with van der Waals surface area (Å²) in [5.41, 5.74) is 4.65. The van der Waals surface area contributed by atoms with Gasteiger partial charge in [-0.25, -0.2) is 9.97 Å². The molecule has 3 heterocycles. The number of hydrogen-bond donors (Lipinski definition) is 1. The summed E-state index contributed by atoms with van der Waals surface area (Å²) in [7, 11) is 0. The number of rotatable bonds is 3. The molecule has 0 aliphatic carbocycles. The van der Waals surface area contributed by atoms with Gasteiger partial charge in [0.25, 0.3) is 0 Å². The Morgan fingerprint density at radius 2 is 2.04 bits per heavy atom. The average molecular weight is 306 g/mol. The molecule has 0 amide bonds. The van der Waals surface area contributed by atoms with E-state index in [0.717, 1.165) is 49.3 Å². The molecule has 1 aliphatic rings. The van der Waals surface area contributed by atoms with Gasteiger partial charge in [-0.05, 0) is 50.6 Å². The molecule has 0 saturated carbocycles. The van der Waals surface area contributed by atoms with Gasteiger partial charge >= 0.3 is 0 Å². The van der Waals surface area contributed by atoms with Crippen LogP contribution in [0.4, 0.5) is 0 Å². The van der Waals surface area contributed by atoms with Crippen molar-refractivity contribution in [2.75, 3.05) is 13.1 Å². The average Bonchev–Trinajstić information content (AvgIpc) is 2.93. The highest BCUT2D eigenvalue weighted by Crippen LogP contribution is 2.27. The molecular formula is C19H22N4. The van der Waals surface area contributed by atoms with Crippen molar-refractivity contribution in [2.24, 2.45) is 0 Å². The summed E-state index contributed by atoms with van der Waals surface area (Å²) >= 11 is 0. The predicted molar refractivity (Wildman–Crippen MR) is 92.7 cm³/mol. The maximum Gasteiger partial charge on any atom is 0.160 e. The summed E-state index contributed by atoms with van der Waals surface area (Å²) in [6.07, 6.45) is 5.02. The van der Waals surface area contributed by atoms with Gasteiger partial charge in [-0.3, -0.25) is 0 Å². The molecule has 1 aliphatic heterocycles. The van der Waals surface area contributed by atoms with Crippen LogP contribution >= 0.6 is 0 Å². The Hall–Kier alpha value is -2.20. The zero-order valence-electron chi connectivity index (χ0n) is 13.5. The summed E-state index contributed by atoms with van der Waals surface area (Å²) in [6.45, 7) is 4.28. The van der Waals surface area contributed by atoms with Crippen molar-refractivity contribution in [3.63, 3.8) is 0 Å². The van der Waals surface area contributed by atoms with Crippen molar-refractivity contribution >= 4 is 11.2 Å². The van der Waals surface area contributed by atoms with Gasteiger partial charge in [0, 0.05) is 18.7 Å². The zero-order chi connectivity index (χ0) is 15.6. The third-order valence-corrected chi connectivity index (χ3v) is 4.64. The van der Waals surface area contributed by atoms with Crippen LogP contribution in [0.15, 0.2) is 42.6 Å². The van der Waals surface area contributed by atoms with Crippen molar-refractivity contribution in [3.05, 3.63) is 59.5 Å². The van der Waals surface area contributed by atoms with Crippen LogP contribution in [0.3, 0.4) is 0 Å². The summed E-state index contributed by atoms with van der Waals surface area (Å²) < 4.78 is 2.39. The van der Waals surface area contributed by atoms with Gasteiger partial charge in [-0.1, -0.05) is 29.8 Å². The molecule has 1 N–H and O–H groups in total. The number of hydrogen-bond acceptors (Lipinski definition) is 3. The number of pyridine rings is 1. The first kappa shape index (κ1) is 14.4. The molecule has 23 heavy (non-hydrogen) atoms. The third-order valence-electron chi connectivity index (χ3n) is 4.64. The lowest BCUT2D eigenvalue weighted by Crippen LogP contribution is -2.30. The largest absolute Gasteiger partial charge is 0.317 e. The molecule has 0 spiro atoms. The molecule has 0 radical (unpaired) electrons. The number of nitrogens with zero attached hydrogens (tertiary/aromatic N) is 3. The molecule has 4 heteroatoms. The number of aryl methyl sites for hydroxylation is 1. The quantitative estimate of drug-likeness (QED) is 0.807. The molecule has 0 bridgehead atoms. The van der Waals surface area contributed by atoms with Gasteiger partial charge in [0.15, 0.2) is 5.65 Å². The Bertz CT molecular complexity index is 815. The standard InChI is InChI=1S/C19H22N4/c1-14-4-2-5-15(12-14)13-18-22-17-6-3-9-21-19(17)23(18)16-7-10-20-11-8-16/h2-6,9,12,16,20H,7-8,10-11,13H2,1H3. The molecule has 1 aromatic carbocycles. The number of piperidine rings is 1. The fraction of sp³-hybridized carbons (Fsp3) is 0.368. The summed E-state index contributed by atoms with van der Waals surface area (Å²) in [5.74, 6) is 1.14. The first-order valence-electron chi connectivity index (χ1n) is 8.39. The van der Waals surface area contributed by atoms with E-state index in [1.165, 1.54) is 11.1 Å². The second-order valence-corrected chi connectivity index (χ2v) is 6.39. The minimum atomic E-state index is 0.496. The van der Waals surface area contributed by atoms with E-state index in [1.54, 1.807) is 0 Å². The molecule has 4 rings (SSSR count). The van der Waals surface area contributed by atoms with Crippen LogP contribution in [0.25, 0.3) is 11.2 Å². The number of fused-ring (bicyclic) bond motifs is 1. The Kier molecular flexibility index (Phi) is 3.83. The van der Waals surface area contributed by atoms with Crippen LogP contribution < -0.4 is 5.32 Å². The van der Waals surface area contributed by atoms with Gasteiger partial charge in [-0.2, -0.15) is 0 Å². The highest BCUT2D eigenvalue weighted by molar-refractivity contribution is 5.71. The Morgan fingerprint density at radius 1 is 1.17 bits per heavy atom. The fourth-order valence-electron chi connectivity index (χ4n) is 3.55. The molecular weight excluding hydrogens is 284 g/mol. The van der Waals surface area contributed by atoms with Crippen LogP contribution in [0.1, 0.15) is 35.8 Å². The Balaban J connectivity index is 1.78. The fourth-order valence-corrected chi connectivity index (χ4v) is 3.55. The highest BCUT2D eigenvalue weighted by Gasteiger charge is 2.21. The molecule has 118 valence electrons. The maximum absolute atomic E-state index is 4.89. The van der Waals surface area contributed by atoms with Crippen molar-refractivity contribution in [2.45, 2.75) is 32.2 Å². The molecule has 1 fully saturated rings. The predicted octanol–water partition coefficient (Wildman–Crippen LogP) is 3.26. The Labute approximate surface area is 136 Å². The lowest BCUT2D eigenvalue weighted by Gasteiger charge is -2.26. The number of nitrogens with one attached hydrogen (secondary N) is 1. The van der Waals surface area contributed by atoms with Crippen molar-refractivity contribution in [1.82, 2.24) is 19.9 Å². The van der Waals surface area contributed by atoms with Crippen LogP contribution in [-0.2, 0) is 6.42 Å². The van der Waals surface area contributed by atoms with Gasteiger partial charge in [0.1, 0.15) is 11.3 Å². The monoisotopic (exact) mass is 306 g/mol. The first-order valence-corrected chi connectivity index (χ1v) is 8.39. The molecule has 4 nitrogen and oxygen atoms in total. The van der Waals surface area contributed by atoms with E-state index in [0.29, 0.717) is 6.04 Å². The summed E-state index contributed by atoms with van der Waals surface area (Å²) in [5, 5.41) is 3.45. The summed E-state index contributed by atoms with van der Waals surface area (Å²) in [4.78, 5) is 9.51. The van der Waals surface area contributed by atoms with E-state index < -0.39 is 0 Å². The zero-order valence-corrected chi connectivity index (χ0v) is 13.5. The van der Waals surface area contributed by atoms with Crippen LogP contribution in [0.2, 0.25) is 0 Å².